The lowest BCUT2D eigenvalue weighted by molar-refractivity contribution is -0.145. The third-order valence-corrected chi connectivity index (χ3v) is 4.57. The van der Waals surface area contributed by atoms with Crippen LogP contribution in [0.3, 0.4) is 0 Å². The molecule has 3 unspecified atom stereocenters. The Bertz CT molecular complexity index is 351. The highest BCUT2D eigenvalue weighted by Gasteiger charge is 2.39. The van der Waals surface area contributed by atoms with Crippen molar-refractivity contribution in [2.75, 3.05) is 6.54 Å². The summed E-state index contributed by atoms with van der Waals surface area (Å²) in [6.07, 6.45) is 6.55. The molecule has 2 aliphatic carbocycles. The molecule has 0 heterocycles. The minimum atomic E-state index is -0.808. The van der Waals surface area contributed by atoms with Crippen molar-refractivity contribution in [3.05, 3.63) is 0 Å². The molecule has 3 atom stereocenters. The van der Waals surface area contributed by atoms with Gasteiger partial charge in [-0.25, -0.2) is 0 Å². The molecule has 0 aromatic carbocycles. The fraction of sp³-hybridized carbons (Fsp3) is 0.867. The van der Waals surface area contributed by atoms with Crippen LogP contribution in [0.25, 0.3) is 0 Å². The number of rotatable bonds is 5. The van der Waals surface area contributed by atoms with E-state index in [1.165, 1.54) is 6.42 Å². The summed E-state index contributed by atoms with van der Waals surface area (Å²) >= 11 is 0. The van der Waals surface area contributed by atoms with Crippen LogP contribution in [0.5, 0.6) is 0 Å². The number of carbonyl (C=O) groups excluding carboxylic acids is 1. The maximum absolute atomic E-state index is 12.4. The van der Waals surface area contributed by atoms with Crippen molar-refractivity contribution in [2.45, 2.75) is 58.4 Å². The molecule has 1 amide bonds. The summed E-state index contributed by atoms with van der Waals surface area (Å²) in [6.45, 7) is 4.27. The number of hydrogen-bond acceptors (Lipinski definition) is 2. The van der Waals surface area contributed by atoms with Crippen molar-refractivity contribution in [3.8, 4) is 0 Å². The third-order valence-electron chi connectivity index (χ3n) is 4.57. The summed E-state index contributed by atoms with van der Waals surface area (Å²) < 4.78 is 0. The number of amides is 1. The van der Waals surface area contributed by atoms with Gasteiger partial charge in [-0.15, -0.1) is 0 Å². The van der Waals surface area contributed by atoms with Gasteiger partial charge >= 0.3 is 5.97 Å². The Morgan fingerprint density at radius 3 is 2.37 bits per heavy atom. The minimum absolute atomic E-state index is 0.176. The first-order valence-electron chi connectivity index (χ1n) is 7.54. The number of carboxylic acid groups (broad SMARTS) is 1. The molecule has 0 bridgehead atoms. The second-order valence-corrected chi connectivity index (χ2v) is 6.33. The highest BCUT2D eigenvalue weighted by Crippen LogP contribution is 2.35. The van der Waals surface area contributed by atoms with Crippen LogP contribution < -0.4 is 0 Å². The summed E-state index contributed by atoms with van der Waals surface area (Å²) in [5.41, 5.74) is 0. The number of carboxylic acids is 1. The molecular weight excluding hydrogens is 242 g/mol. The predicted octanol–water partition coefficient (Wildman–Crippen LogP) is 2.52. The highest BCUT2D eigenvalue weighted by atomic mass is 16.4. The van der Waals surface area contributed by atoms with E-state index in [-0.39, 0.29) is 17.9 Å². The number of hydrogen-bond donors (Lipinski definition) is 1. The van der Waals surface area contributed by atoms with Gasteiger partial charge in [0.25, 0.3) is 0 Å². The van der Waals surface area contributed by atoms with E-state index in [0.29, 0.717) is 12.5 Å². The van der Waals surface area contributed by atoms with Crippen molar-refractivity contribution in [3.63, 3.8) is 0 Å². The molecule has 108 valence electrons. The fourth-order valence-electron chi connectivity index (χ4n) is 3.09. The van der Waals surface area contributed by atoms with Gasteiger partial charge in [-0.2, -0.15) is 0 Å². The Morgan fingerprint density at radius 1 is 1.21 bits per heavy atom. The predicted molar refractivity (Wildman–Crippen MR) is 72.7 cm³/mol. The molecule has 2 fully saturated rings. The second kappa shape index (κ2) is 5.93. The molecule has 2 saturated carbocycles. The van der Waals surface area contributed by atoms with Gasteiger partial charge in [0.1, 0.15) is 0 Å². The van der Waals surface area contributed by atoms with Crippen molar-refractivity contribution in [1.29, 1.82) is 0 Å². The smallest absolute Gasteiger partial charge is 0.308 e. The first kappa shape index (κ1) is 14.4. The zero-order valence-corrected chi connectivity index (χ0v) is 12.0. The second-order valence-electron chi connectivity index (χ2n) is 6.33. The Balaban J connectivity index is 2.08. The van der Waals surface area contributed by atoms with Crippen LogP contribution in [0.4, 0.5) is 0 Å². The summed E-state index contributed by atoms with van der Waals surface area (Å²) in [4.78, 5) is 25.4. The molecule has 2 rings (SSSR count). The molecule has 0 aliphatic heterocycles. The van der Waals surface area contributed by atoms with Gasteiger partial charge in [0.05, 0.1) is 5.92 Å². The molecule has 19 heavy (non-hydrogen) atoms. The van der Waals surface area contributed by atoms with E-state index in [9.17, 15) is 9.59 Å². The van der Waals surface area contributed by atoms with Crippen molar-refractivity contribution < 1.29 is 14.7 Å². The lowest BCUT2D eigenvalue weighted by Crippen LogP contribution is -2.48. The monoisotopic (exact) mass is 267 g/mol. The van der Waals surface area contributed by atoms with Crippen molar-refractivity contribution in [1.82, 2.24) is 4.90 Å². The molecule has 0 aromatic rings. The maximum atomic E-state index is 12.4. The van der Waals surface area contributed by atoms with E-state index in [1.54, 1.807) is 6.92 Å². The van der Waals surface area contributed by atoms with Crippen LogP contribution >= 0.6 is 0 Å². The molecule has 0 radical (unpaired) electrons. The summed E-state index contributed by atoms with van der Waals surface area (Å²) in [6, 6.07) is 0.253. The summed E-state index contributed by atoms with van der Waals surface area (Å²) in [5, 5.41) is 9.09. The van der Waals surface area contributed by atoms with E-state index >= 15 is 0 Å². The Morgan fingerprint density at radius 2 is 1.84 bits per heavy atom. The maximum Gasteiger partial charge on any atom is 0.308 e. The van der Waals surface area contributed by atoms with Gasteiger partial charge in [0.15, 0.2) is 0 Å². The Hall–Kier alpha value is -1.06. The first-order valence-corrected chi connectivity index (χ1v) is 7.54. The van der Waals surface area contributed by atoms with Gasteiger partial charge in [-0.05, 0) is 31.6 Å². The fourth-order valence-corrected chi connectivity index (χ4v) is 3.09. The van der Waals surface area contributed by atoms with Crippen LogP contribution in [0.15, 0.2) is 0 Å². The van der Waals surface area contributed by atoms with E-state index in [2.05, 4.69) is 6.92 Å². The van der Waals surface area contributed by atoms with Gasteiger partial charge in [-0.1, -0.05) is 26.7 Å². The van der Waals surface area contributed by atoms with Crippen LogP contribution in [-0.4, -0.2) is 34.5 Å². The van der Waals surface area contributed by atoms with Crippen LogP contribution in [0, 0.1) is 17.8 Å². The highest BCUT2D eigenvalue weighted by molar-refractivity contribution is 5.82. The molecule has 0 saturated heterocycles. The number of nitrogens with zero attached hydrogens (tertiary/aromatic N) is 1. The normalized spacial score (nSPS) is 28.7. The molecule has 4 nitrogen and oxygen atoms in total. The van der Waals surface area contributed by atoms with Gasteiger partial charge < -0.3 is 10.0 Å². The third kappa shape index (κ3) is 3.48. The average molecular weight is 267 g/mol. The van der Waals surface area contributed by atoms with Crippen LogP contribution in [0.2, 0.25) is 0 Å². The van der Waals surface area contributed by atoms with Gasteiger partial charge in [-0.3, -0.25) is 9.59 Å². The molecule has 0 spiro atoms. The Kier molecular flexibility index (Phi) is 4.48. The standard InChI is InChI=1S/C15H25NO3/c1-10-5-3-4-6-13(10)16(9-11(2)15(18)19)14(17)12-7-8-12/h10-13H,3-9H2,1-2H3,(H,18,19). The molecule has 4 heteroatoms. The molecule has 1 N–H and O–H groups in total. The lowest BCUT2D eigenvalue weighted by atomic mass is 9.84. The minimum Gasteiger partial charge on any atom is -0.481 e. The number of carbonyl (C=O) groups is 2. The van der Waals surface area contributed by atoms with Crippen LogP contribution in [0.1, 0.15) is 52.4 Å². The van der Waals surface area contributed by atoms with Crippen LogP contribution in [-0.2, 0) is 9.59 Å². The molecule has 2 aliphatic rings. The van der Waals surface area contributed by atoms with E-state index in [4.69, 9.17) is 5.11 Å². The average Bonchev–Trinajstić information content (AvgIpc) is 3.20. The van der Waals surface area contributed by atoms with Gasteiger partial charge in [0, 0.05) is 18.5 Å². The Labute approximate surface area is 115 Å². The van der Waals surface area contributed by atoms with E-state index in [1.807, 2.05) is 4.90 Å². The van der Waals surface area contributed by atoms with Crippen molar-refractivity contribution >= 4 is 11.9 Å². The zero-order valence-electron chi connectivity index (χ0n) is 12.0. The number of aliphatic carboxylic acids is 1. The SMILES string of the molecule is CC(CN(C(=O)C1CC1)C1CCCCC1C)C(=O)O. The summed E-state index contributed by atoms with van der Waals surface area (Å²) in [5.74, 6) is -0.409. The lowest BCUT2D eigenvalue weighted by Gasteiger charge is -2.39. The topological polar surface area (TPSA) is 57.6 Å². The quantitative estimate of drug-likeness (QED) is 0.832. The molecule has 0 aromatic heterocycles. The van der Waals surface area contributed by atoms with E-state index in [0.717, 1.165) is 32.1 Å². The van der Waals surface area contributed by atoms with Crippen molar-refractivity contribution in [2.24, 2.45) is 17.8 Å². The first-order chi connectivity index (χ1) is 9.00. The van der Waals surface area contributed by atoms with E-state index < -0.39 is 11.9 Å². The largest absolute Gasteiger partial charge is 0.481 e. The zero-order chi connectivity index (χ0) is 14.0. The molecular formula is C15H25NO3. The van der Waals surface area contributed by atoms with Gasteiger partial charge in [0.2, 0.25) is 5.91 Å². The summed E-state index contributed by atoms with van der Waals surface area (Å²) in [7, 11) is 0.